The van der Waals surface area contributed by atoms with Crippen molar-refractivity contribution in [2.45, 2.75) is 33.2 Å². The normalized spacial score (nSPS) is 12.7. The van der Waals surface area contributed by atoms with E-state index in [9.17, 15) is 4.39 Å². The van der Waals surface area contributed by atoms with Gasteiger partial charge in [0.25, 0.3) is 0 Å². The molecule has 1 atom stereocenters. The van der Waals surface area contributed by atoms with E-state index in [4.69, 9.17) is 4.74 Å². The van der Waals surface area contributed by atoms with Crippen LogP contribution in [-0.2, 0) is 6.42 Å². The third kappa shape index (κ3) is 4.14. The van der Waals surface area contributed by atoms with Crippen molar-refractivity contribution in [1.82, 2.24) is 9.88 Å². The minimum Gasteiger partial charge on any atom is -0.494 e. The zero-order valence-electron chi connectivity index (χ0n) is 14.4. The molecule has 1 heterocycles. The first kappa shape index (κ1) is 17.5. The zero-order valence-corrected chi connectivity index (χ0v) is 14.4. The van der Waals surface area contributed by atoms with Crippen LogP contribution in [0.1, 0.15) is 25.1 Å². The van der Waals surface area contributed by atoms with Crippen LogP contribution in [0.5, 0.6) is 5.75 Å². The molecule has 1 N–H and O–H groups in total. The molecule has 0 aliphatic heterocycles. The van der Waals surface area contributed by atoms with Gasteiger partial charge in [-0.2, -0.15) is 0 Å². The largest absolute Gasteiger partial charge is 0.494 e. The second-order valence-electron chi connectivity index (χ2n) is 5.91. The molecular formula is C19H27FN2O. The molecule has 0 aliphatic rings. The number of aromatic nitrogens is 1. The van der Waals surface area contributed by atoms with Gasteiger partial charge in [-0.1, -0.05) is 6.08 Å². The Bertz CT molecular complexity index is 650. The molecule has 23 heavy (non-hydrogen) atoms. The van der Waals surface area contributed by atoms with E-state index in [1.165, 1.54) is 16.6 Å². The van der Waals surface area contributed by atoms with E-state index in [0.29, 0.717) is 13.2 Å². The Morgan fingerprint density at radius 2 is 2.22 bits per heavy atom. The fourth-order valence-electron chi connectivity index (χ4n) is 2.95. The minimum atomic E-state index is -0.338. The molecule has 2 rings (SSSR count). The van der Waals surface area contributed by atoms with Crippen LogP contribution in [0.15, 0.2) is 30.9 Å². The molecule has 2 aromatic rings. The van der Waals surface area contributed by atoms with Crippen LogP contribution in [0.3, 0.4) is 0 Å². The lowest BCUT2D eigenvalue weighted by atomic mass is 10.1. The zero-order chi connectivity index (χ0) is 16.8. The third-order valence-electron chi connectivity index (χ3n) is 4.26. The molecule has 0 saturated carbocycles. The highest BCUT2D eigenvalue weighted by Gasteiger charge is 2.15. The molecule has 4 heteroatoms. The summed E-state index contributed by atoms with van der Waals surface area (Å²) >= 11 is 0. The number of hydrogen-bond donors (Lipinski definition) is 1. The first-order valence-electron chi connectivity index (χ1n) is 8.25. The number of aryl methyl sites for hydroxylation is 1. The number of nitrogens with zero attached hydrogens (tertiary/aromatic N) is 1. The molecule has 0 spiro atoms. The number of aromatic amines is 1. The fourth-order valence-corrected chi connectivity index (χ4v) is 2.95. The summed E-state index contributed by atoms with van der Waals surface area (Å²) in [6.45, 7) is 11.6. The SMILES string of the molecule is C=CCN(CCc1c(C)[nH]c2ccc(OCC)cc12)C(C)CF. The summed E-state index contributed by atoms with van der Waals surface area (Å²) < 4.78 is 18.6. The van der Waals surface area contributed by atoms with E-state index >= 15 is 0 Å². The molecule has 1 aromatic carbocycles. The Morgan fingerprint density at radius 1 is 1.43 bits per heavy atom. The first-order valence-corrected chi connectivity index (χ1v) is 8.25. The average molecular weight is 318 g/mol. The summed E-state index contributed by atoms with van der Waals surface area (Å²) in [5, 5.41) is 1.19. The summed E-state index contributed by atoms with van der Waals surface area (Å²) in [6.07, 6.45) is 2.71. The smallest absolute Gasteiger partial charge is 0.120 e. The lowest BCUT2D eigenvalue weighted by molar-refractivity contribution is 0.198. The van der Waals surface area contributed by atoms with E-state index < -0.39 is 0 Å². The van der Waals surface area contributed by atoms with Crippen LogP contribution in [0.2, 0.25) is 0 Å². The van der Waals surface area contributed by atoms with Crippen LogP contribution < -0.4 is 4.74 Å². The van der Waals surface area contributed by atoms with Crippen LogP contribution in [-0.4, -0.2) is 42.3 Å². The first-order chi connectivity index (χ1) is 11.1. The van der Waals surface area contributed by atoms with Crippen LogP contribution in [0.4, 0.5) is 4.39 Å². The molecule has 0 bridgehead atoms. The summed E-state index contributed by atoms with van der Waals surface area (Å²) in [6, 6.07) is 6.05. The van der Waals surface area contributed by atoms with E-state index in [-0.39, 0.29) is 12.7 Å². The molecular weight excluding hydrogens is 291 g/mol. The number of benzene rings is 1. The highest BCUT2D eigenvalue weighted by atomic mass is 19.1. The molecule has 0 amide bonds. The van der Waals surface area contributed by atoms with E-state index in [1.807, 2.05) is 26.0 Å². The van der Waals surface area contributed by atoms with Gasteiger partial charge in [0.1, 0.15) is 12.4 Å². The number of nitrogens with one attached hydrogen (secondary N) is 1. The maximum Gasteiger partial charge on any atom is 0.120 e. The minimum absolute atomic E-state index is 0.0857. The molecule has 0 saturated heterocycles. The van der Waals surface area contributed by atoms with Gasteiger partial charge in [-0.3, -0.25) is 4.90 Å². The predicted octanol–water partition coefficient (Wildman–Crippen LogP) is 4.26. The highest BCUT2D eigenvalue weighted by molar-refractivity contribution is 5.86. The Hall–Kier alpha value is -1.81. The van der Waals surface area contributed by atoms with Crippen molar-refractivity contribution >= 4 is 10.9 Å². The number of fused-ring (bicyclic) bond motifs is 1. The lowest BCUT2D eigenvalue weighted by Gasteiger charge is -2.25. The van der Waals surface area contributed by atoms with Crippen LogP contribution in [0, 0.1) is 6.92 Å². The van der Waals surface area contributed by atoms with Crippen molar-refractivity contribution in [3.63, 3.8) is 0 Å². The summed E-state index contributed by atoms with van der Waals surface area (Å²) in [7, 11) is 0. The quantitative estimate of drug-likeness (QED) is 0.700. The Balaban J connectivity index is 2.22. The van der Waals surface area contributed by atoms with Gasteiger partial charge in [-0.25, -0.2) is 4.39 Å². The average Bonchev–Trinajstić information content (AvgIpc) is 2.86. The number of halogens is 1. The number of alkyl halides is 1. The summed E-state index contributed by atoms with van der Waals surface area (Å²) in [5.74, 6) is 0.889. The van der Waals surface area contributed by atoms with E-state index in [2.05, 4.69) is 35.5 Å². The predicted molar refractivity (Wildman–Crippen MR) is 95.1 cm³/mol. The molecule has 0 aliphatic carbocycles. The number of ether oxygens (including phenoxy) is 1. The highest BCUT2D eigenvalue weighted by Crippen LogP contribution is 2.27. The second-order valence-corrected chi connectivity index (χ2v) is 5.91. The van der Waals surface area contributed by atoms with Crippen molar-refractivity contribution in [3.05, 3.63) is 42.1 Å². The Morgan fingerprint density at radius 3 is 2.87 bits per heavy atom. The van der Waals surface area contributed by atoms with Crippen molar-refractivity contribution in [3.8, 4) is 5.75 Å². The Labute approximate surface area is 138 Å². The van der Waals surface area contributed by atoms with Crippen LogP contribution >= 0.6 is 0 Å². The number of rotatable bonds is 9. The molecule has 3 nitrogen and oxygen atoms in total. The van der Waals surface area contributed by atoms with Gasteiger partial charge in [0.05, 0.1) is 6.61 Å². The van der Waals surface area contributed by atoms with Crippen LogP contribution in [0.25, 0.3) is 10.9 Å². The number of hydrogen-bond acceptors (Lipinski definition) is 2. The summed E-state index contributed by atoms with van der Waals surface area (Å²) in [5.41, 5.74) is 3.57. The second kappa shape index (κ2) is 8.16. The summed E-state index contributed by atoms with van der Waals surface area (Å²) in [4.78, 5) is 5.55. The molecule has 0 fully saturated rings. The van der Waals surface area contributed by atoms with E-state index in [0.717, 1.165) is 24.2 Å². The van der Waals surface area contributed by atoms with Crippen molar-refractivity contribution < 1.29 is 9.13 Å². The Kier molecular flexibility index (Phi) is 6.22. The maximum atomic E-state index is 13.0. The van der Waals surface area contributed by atoms with Crippen molar-refractivity contribution in [1.29, 1.82) is 0 Å². The topological polar surface area (TPSA) is 28.3 Å². The monoisotopic (exact) mass is 318 g/mol. The van der Waals surface area contributed by atoms with Gasteiger partial charge in [0.15, 0.2) is 0 Å². The van der Waals surface area contributed by atoms with Crippen molar-refractivity contribution in [2.75, 3.05) is 26.4 Å². The lowest BCUT2D eigenvalue weighted by Crippen LogP contribution is -2.36. The van der Waals surface area contributed by atoms with Crippen molar-refractivity contribution in [2.24, 2.45) is 0 Å². The third-order valence-corrected chi connectivity index (χ3v) is 4.26. The van der Waals surface area contributed by atoms with Gasteiger partial charge < -0.3 is 9.72 Å². The molecule has 0 radical (unpaired) electrons. The van der Waals surface area contributed by atoms with Gasteiger partial charge in [-0.15, -0.1) is 6.58 Å². The van der Waals surface area contributed by atoms with Gasteiger partial charge in [0.2, 0.25) is 0 Å². The fraction of sp³-hybridized carbons (Fsp3) is 0.474. The standard InChI is InChI=1S/C19H27FN2O/c1-5-10-22(14(3)13-20)11-9-17-15(4)21-19-8-7-16(23-6-2)12-18(17)19/h5,7-8,12,14,21H,1,6,9-11,13H2,2-4H3. The number of H-pyrrole nitrogens is 1. The van der Waals surface area contributed by atoms with Gasteiger partial charge >= 0.3 is 0 Å². The molecule has 1 aromatic heterocycles. The van der Waals surface area contributed by atoms with Gasteiger partial charge in [-0.05, 0) is 51.0 Å². The molecule has 1 unspecified atom stereocenters. The maximum absolute atomic E-state index is 13.0. The van der Waals surface area contributed by atoms with Gasteiger partial charge in [0, 0.05) is 35.7 Å². The molecule has 126 valence electrons. The van der Waals surface area contributed by atoms with E-state index in [1.54, 1.807) is 0 Å².